The standard InChI is InChI=1S/C14H22N2O/c1-4-13(15)14(17)16-11(3)9-12-8-6-5-7-10(12)2/h5-8,11,13H,4,9,15H2,1-3H3,(H,16,17)/t11?,13-/m0/s1. The van der Waals surface area contributed by atoms with Crippen molar-refractivity contribution in [1.82, 2.24) is 5.32 Å². The summed E-state index contributed by atoms with van der Waals surface area (Å²) in [5.74, 6) is -0.0615. The first-order valence-corrected chi connectivity index (χ1v) is 6.15. The van der Waals surface area contributed by atoms with Gasteiger partial charge in [0.2, 0.25) is 5.91 Å². The molecule has 17 heavy (non-hydrogen) atoms. The van der Waals surface area contributed by atoms with Crippen molar-refractivity contribution in [3.63, 3.8) is 0 Å². The van der Waals surface area contributed by atoms with E-state index in [1.54, 1.807) is 0 Å². The second kappa shape index (κ2) is 6.40. The van der Waals surface area contributed by atoms with E-state index in [9.17, 15) is 4.79 Å². The van der Waals surface area contributed by atoms with E-state index in [2.05, 4.69) is 24.4 Å². The molecule has 1 rings (SSSR count). The molecule has 3 nitrogen and oxygen atoms in total. The molecule has 0 radical (unpaired) electrons. The fourth-order valence-electron chi connectivity index (χ4n) is 1.76. The summed E-state index contributed by atoms with van der Waals surface area (Å²) in [5.41, 5.74) is 8.20. The molecule has 0 saturated heterocycles. The Labute approximate surface area is 103 Å². The lowest BCUT2D eigenvalue weighted by Gasteiger charge is -2.17. The van der Waals surface area contributed by atoms with Crippen molar-refractivity contribution in [1.29, 1.82) is 0 Å². The largest absolute Gasteiger partial charge is 0.352 e. The summed E-state index contributed by atoms with van der Waals surface area (Å²) >= 11 is 0. The van der Waals surface area contributed by atoms with Crippen LogP contribution in [0, 0.1) is 6.92 Å². The van der Waals surface area contributed by atoms with Crippen molar-refractivity contribution < 1.29 is 4.79 Å². The number of hydrogen-bond donors (Lipinski definition) is 2. The highest BCUT2D eigenvalue weighted by molar-refractivity contribution is 5.81. The van der Waals surface area contributed by atoms with Gasteiger partial charge in [0.25, 0.3) is 0 Å². The normalized spacial score (nSPS) is 14.1. The summed E-state index contributed by atoms with van der Waals surface area (Å²) in [6.45, 7) is 6.00. The van der Waals surface area contributed by atoms with Gasteiger partial charge in [0.1, 0.15) is 0 Å². The van der Waals surface area contributed by atoms with Crippen LogP contribution in [-0.4, -0.2) is 18.0 Å². The van der Waals surface area contributed by atoms with E-state index in [0.29, 0.717) is 6.42 Å². The van der Waals surface area contributed by atoms with Crippen LogP contribution in [0.25, 0.3) is 0 Å². The van der Waals surface area contributed by atoms with Gasteiger partial charge in [-0.05, 0) is 37.8 Å². The number of carbonyl (C=O) groups excluding carboxylic acids is 1. The van der Waals surface area contributed by atoms with Crippen molar-refractivity contribution in [3.05, 3.63) is 35.4 Å². The first kappa shape index (κ1) is 13.7. The molecule has 2 atom stereocenters. The van der Waals surface area contributed by atoms with Gasteiger partial charge in [-0.1, -0.05) is 31.2 Å². The average molecular weight is 234 g/mol. The molecule has 1 amide bonds. The first-order valence-electron chi connectivity index (χ1n) is 6.15. The predicted octanol–water partition coefficient (Wildman–Crippen LogP) is 1.78. The molecule has 0 bridgehead atoms. The quantitative estimate of drug-likeness (QED) is 0.816. The van der Waals surface area contributed by atoms with Gasteiger partial charge in [-0.2, -0.15) is 0 Å². The Morgan fingerprint density at radius 2 is 2.06 bits per heavy atom. The molecule has 3 N–H and O–H groups in total. The van der Waals surface area contributed by atoms with Gasteiger partial charge in [0.05, 0.1) is 6.04 Å². The number of benzene rings is 1. The Kier molecular flexibility index (Phi) is 5.16. The zero-order chi connectivity index (χ0) is 12.8. The van der Waals surface area contributed by atoms with Crippen molar-refractivity contribution in [2.75, 3.05) is 0 Å². The van der Waals surface area contributed by atoms with Gasteiger partial charge in [-0.25, -0.2) is 0 Å². The second-order valence-electron chi connectivity index (χ2n) is 4.55. The molecule has 0 aliphatic heterocycles. The molecule has 1 aromatic rings. The third-order valence-electron chi connectivity index (χ3n) is 2.95. The molecule has 1 aromatic carbocycles. The van der Waals surface area contributed by atoms with E-state index < -0.39 is 6.04 Å². The van der Waals surface area contributed by atoms with Crippen LogP contribution in [0.4, 0.5) is 0 Å². The first-order chi connectivity index (χ1) is 8.04. The van der Waals surface area contributed by atoms with Gasteiger partial charge in [0, 0.05) is 6.04 Å². The molecule has 0 heterocycles. The molecule has 0 spiro atoms. The van der Waals surface area contributed by atoms with Crippen molar-refractivity contribution in [2.24, 2.45) is 5.73 Å². The van der Waals surface area contributed by atoms with Crippen molar-refractivity contribution >= 4 is 5.91 Å². The monoisotopic (exact) mass is 234 g/mol. The maximum absolute atomic E-state index is 11.6. The lowest BCUT2D eigenvalue weighted by Crippen LogP contribution is -2.44. The smallest absolute Gasteiger partial charge is 0.237 e. The van der Waals surface area contributed by atoms with Crippen LogP contribution >= 0.6 is 0 Å². The minimum absolute atomic E-state index is 0.0615. The van der Waals surface area contributed by atoms with Crippen LogP contribution in [0.1, 0.15) is 31.4 Å². The fraction of sp³-hybridized carbons (Fsp3) is 0.500. The van der Waals surface area contributed by atoms with Gasteiger partial charge in [0.15, 0.2) is 0 Å². The lowest BCUT2D eigenvalue weighted by molar-refractivity contribution is -0.123. The molecule has 0 aliphatic carbocycles. The summed E-state index contributed by atoms with van der Waals surface area (Å²) in [7, 11) is 0. The van der Waals surface area contributed by atoms with Gasteiger partial charge >= 0.3 is 0 Å². The zero-order valence-electron chi connectivity index (χ0n) is 10.9. The number of hydrogen-bond acceptors (Lipinski definition) is 2. The number of nitrogens with two attached hydrogens (primary N) is 1. The van der Waals surface area contributed by atoms with E-state index in [1.807, 2.05) is 26.0 Å². The molecule has 0 fully saturated rings. The third kappa shape index (κ3) is 4.19. The van der Waals surface area contributed by atoms with E-state index in [4.69, 9.17) is 5.73 Å². The van der Waals surface area contributed by atoms with Crippen LogP contribution in [0.15, 0.2) is 24.3 Å². The Balaban J connectivity index is 2.53. The molecule has 3 heteroatoms. The van der Waals surface area contributed by atoms with Crippen LogP contribution in [-0.2, 0) is 11.2 Å². The van der Waals surface area contributed by atoms with Crippen LogP contribution < -0.4 is 11.1 Å². The Bertz CT molecular complexity index is 376. The van der Waals surface area contributed by atoms with Crippen LogP contribution in [0.5, 0.6) is 0 Å². The summed E-state index contributed by atoms with van der Waals surface area (Å²) in [6, 6.07) is 7.94. The average Bonchev–Trinajstić information content (AvgIpc) is 2.31. The highest BCUT2D eigenvalue weighted by atomic mass is 16.2. The topological polar surface area (TPSA) is 55.1 Å². The van der Waals surface area contributed by atoms with E-state index in [0.717, 1.165) is 6.42 Å². The van der Waals surface area contributed by atoms with Crippen molar-refractivity contribution in [3.8, 4) is 0 Å². The SMILES string of the molecule is CC[C@H](N)C(=O)NC(C)Cc1ccccc1C. The van der Waals surface area contributed by atoms with E-state index in [1.165, 1.54) is 11.1 Å². The molecule has 0 saturated carbocycles. The molecule has 0 aliphatic rings. The second-order valence-corrected chi connectivity index (χ2v) is 4.55. The number of rotatable bonds is 5. The van der Waals surface area contributed by atoms with Gasteiger partial charge < -0.3 is 11.1 Å². The zero-order valence-corrected chi connectivity index (χ0v) is 10.9. The summed E-state index contributed by atoms with van der Waals surface area (Å²) < 4.78 is 0. The predicted molar refractivity (Wildman–Crippen MR) is 70.8 cm³/mol. The number of nitrogens with one attached hydrogen (secondary N) is 1. The van der Waals surface area contributed by atoms with Crippen LogP contribution in [0.3, 0.4) is 0 Å². The molecule has 0 aromatic heterocycles. The minimum atomic E-state index is -0.394. The highest BCUT2D eigenvalue weighted by Gasteiger charge is 2.14. The number of aryl methyl sites for hydroxylation is 1. The summed E-state index contributed by atoms with van der Waals surface area (Å²) in [6.07, 6.45) is 1.51. The Morgan fingerprint density at radius 3 is 2.65 bits per heavy atom. The summed E-state index contributed by atoms with van der Waals surface area (Å²) in [5, 5.41) is 2.94. The van der Waals surface area contributed by atoms with Gasteiger partial charge in [-0.3, -0.25) is 4.79 Å². The van der Waals surface area contributed by atoms with E-state index >= 15 is 0 Å². The number of amides is 1. The maximum atomic E-state index is 11.6. The minimum Gasteiger partial charge on any atom is -0.352 e. The summed E-state index contributed by atoms with van der Waals surface area (Å²) in [4.78, 5) is 11.6. The Morgan fingerprint density at radius 1 is 1.41 bits per heavy atom. The molecular formula is C14H22N2O. The Hall–Kier alpha value is -1.35. The van der Waals surface area contributed by atoms with Crippen molar-refractivity contribution in [2.45, 2.75) is 45.7 Å². The third-order valence-corrected chi connectivity index (χ3v) is 2.95. The fourth-order valence-corrected chi connectivity index (χ4v) is 1.76. The maximum Gasteiger partial charge on any atom is 0.237 e. The van der Waals surface area contributed by atoms with Crippen LogP contribution in [0.2, 0.25) is 0 Å². The lowest BCUT2D eigenvalue weighted by atomic mass is 10.0. The highest BCUT2D eigenvalue weighted by Crippen LogP contribution is 2.09. The molecular weight excluding hydrogens is 212 g/mol. The van der Waals surface area contributed by atoms with E-state index in [-0.39, 0.29) is 11.9 Å². The molecule has 1 unspecified atom stereocenters. The van der Waals surface area contributed by atoms with Gasteiger partial charge in [-0.15, -0.1) is 0 Å². The molecule has 94 valence electrons. The number of carbonyl (C=O) groups is 1.